The first kappa shape index (κ1) is 21.0. The fourth-order valence-corrected chi connectivity index (χ4v) is 3.89. The van der Waals surface area contributed by atoms with Gasteiger partial charge < -0.3 is 20.1 Å². The van der Waals surface area contributed by atoms with Gasteiger partial charge in [-0.05, 0) is 43.7 Å². The Balaban J connectivity index is 1.61. The summed E-state index contributed by atoms with van der Waals surface area (Å²) in [7, 11) is 1.56. The van der Waals surface area contributed by atoms with Crippen LogP contribution in [0.3, 0.4) is 0 Å². The summed E-state index contributed by atoms with van der Waals surface area (Å²) in [5.74, 6) is 0.0431. The van der Waals surface area contributed by atoms with Crippen molar-refractivity contribution in [1.82, 2.24) is 15.2 Å². The predicted molar refractivity (Wildman–Crippen MR) is 105 cm³/mol. The van der Waals surface area contributed by atoms with Crippen LogP contribution in [0.2, 0.25) is 0 Å². The SMILES string of the molecule is CCC1CCC2(CC1)NC(=O)N(CC(=O)Nc1cccnc1OCCOC)C2=O. The number of imide groups is 1. The lowest BCUT2D eigenvalue weighted by Crippen LogP contribution is -2.49. The minimum atomic E-state index is -0.855. The first-order valence-corrected chi connectivity index (χ1v) is 10.00. The van der Waals surface area contributed by atoms with Gasteiger partial charge in [0.25, 0.3) is 5.91 Å². The number of anilines is 1. The number of nitrogens with zero attached hydrogens (tertiary/aromatic N) is 2. The van der Waals surface area contributed by atoms with E-state index >= 15 is 0 Å². The lowest BCUT2D eigenvalue weighted by Gasteiger charge is -2.34. The highest BCUT2D eigenvalue weighted by Gasteiger charge is 2.52. The topological polar surface area (TPSA) is 110 Å². The largest absolute Gasteiger partial charge is 0.474 e. The zero-order chi connectivity index (χ0) is 20.9. The molecule has 0 unspecified atom stereocenters. The molecule has 1 spiro atoms. The number of amides is 4. The van der Waals surface area contributed by atoms with Gasteiger partial charge in [-0.3, -0.25) is 14.5 Å². The number of hydrogen-bond acceptors (Lipinski definition) is 6. The Morgan fingerprint density at radius 1 is 1.34 bits per heavy atom. The van der Waals surface area contributed by atoms with Crippen molar-refractivity contribution in [3.63, 3.8) is 0 Å². The van der Waals surface area contributed by atoms with Crippen LogP contribution in [0.25, 0.3) is 0 Å². The van der Waals surface area contributed by atoms with Crippen LogP contribution in [-0.2, 0) is 14.3 Å². The molecule has 9 nitrogen and oxygen atoms in total. The number of carbonyl (C=O) groups excluding carboxylic acids is 3. The molecule has 0 radical (unpaired) electrons. The van der Waals surface area contributed by atoms with E-state index in [0.717, 1.165) is 24.2 Å². The van der Waals surface area contributed by atoms with E-state index in [1.165, 1.54) is 0 Å². The molecule has 3 rings (SSSR count). The van der Waals surface area contributed by atoms with Crippen molar-refractivity contribution in [3.05, 3.63) is 18.3 Å². The van der Waals surface area contributed by atoms with Crippen LogP contribution in [0.15, 0.2) is 18.3 Å². The van der Waals surface area contributed by atoms with Gasteiger partial charge in [0.05, 0.1) is 6.61 Å². The van der Waals surface area contributed by atoms with Crippen molar-refractivity contribution < 1.29 is 23.9 Å². The molecule has 1 aromatic rings. The molecule has 158 valence electrons. The van der Waals surface area contributed by atoms with Crippen molar-refractivity contribution in [2.24, 2.45) is 5.92 Å². The lowest BCUT2D eigenvalue weighted by atomic mass is 9.75. The van der Waals surface area contributed by atoms with Gasteiger partial charge in [-0.25, -0.2) is 9.78 Å². The number of carbonyl (C=O) groups is 3. The normalized spacial score (nSPS) is 23.9. The van der Waals surface area contributed by atoms with Gasteiger partial charge in [0.2, 0.25) is 11.8 Å². The molecule has 0 bridgehead atoms. The Labute approximate surface area is 170 Å². The molecule has 2 fully saturated rings. The first-order valence-electron chi connectivity index (χ1n) is 10.00. The number of ether oxygens (including phenoxy) is 2. The second-order valence-electron chi connectivity index (χ2n) is 7.50. The summed E-state index contributed by atoms with van der Waals surface area (Å²) in [5.41, 5.74) is -0.481. The van der Waals surface area contributed by atoms with Crippen molar-refractivity contribution in [1.29, 1.82) is 0 Å². The molecule has 0 atom stereocenters. The molecule has 2 N–H and O–H groups in total. The van der Waals surface area contributed by atoms with Gasteiger partial charge in [-0.1, -0.05) is 13.3 Å². The van der Waals surface area contributed by atoms with Crippen LogP contribution in [0, 0.1) is 5.92 Å². The average Bonchev–Trinajstić information content (AvgIpc) is 2.94. The zero-order valence-corrected chi connectivity index (χ0v) is 16.9. The highest BCUT2D eigenvalue weighted by molar-refractivity contribution is 6.10. The monoisotopic (exact) mass is 404 g/mol. The molecular weight excluding hydrogens is 376 g/mol. The molecule has 9 heteroatoms. The molecule has 1 aromatic heterocycles. The standard InChI is InChI=1S/C20H28N4O5/c1-3-14-6-8-20(9-7-14)18(26)24(19(27)23-20)13-16(25)22-15-5-4-10-21-17(15)29-12-11-28-2/h4-5,10,14H,3,6-9,11-13H2,1-2H3,(H,22,25)(H,23,27). The quantitative estimate of drug-likeness (QED) is 0.506. The first-order chi connectivity index (χ1) is 14.0. The number of hydrogen-bond donors (Lipinski definition) is 2. The van der Waals surface area contributed by atoms with Gasteiger partial charge in [0.1, 0.15) is 24.4 Å². The smallest absolute Gasteiger partial charge is 0.325 e. The summed E-state index contributed by atoms with van der Waals surface area (Å²) < 4.78 is 10.4. The second kappa shape index (κ2) is 9.21. The van der Waals surface area contributed by atoms with Crippen LogP contribution >= 0.6 is 0 Å². The Morgan fingerprint density at radius 3 is 2.79 bits per heavy atom. The van der Waals surface area contributed by atoms with E-state index in [0.29, 0.717) is 31.1 Å². The van der Waals surface area contributed by atoms with Gasteiger partial charge in [-0.2, -0.15) is 0 Å². The number of pyridine rings is 1. The minimum absolute atomic E-state index is 0.254. The van der Waals surface area contributed by atoms with Crippen LogP contribution in [0.5, 0.6) is 5.88 Å². The van der Waals surface area contributed by atoms with Gasteiger partial charge in [0, 0.05) is 13.3 Å². The van der Waals surface area contributed by atoms with Gasteiger partial charge in [0.15, 0.2) is 0 Å². The molecule has 1 aliphatic carbocycles. The third-order valence-corrected chi connectivity index (χ3v) is 5.66. The van der Waals surface area contributed by atoms with Crippen molar-refractivity contribution in [2.75, 3.05) is 32.2 Å². The summed E-state index contributed by atoms with van der Waals surface area (Å²) in [6, 6.07) is 2.79. The summed E-state index contributed by atoms with van der Waals surface area (Å²) in [4.78, 5) is 42.9. The third kappa shape index (κ3) is 4.67. The molecule has 1 aliphatic heterocycles. The second-order valence-corrected chi connectivity index (χ2v) is 7.50. The van der Waals surface area contributed by atoms with Crippen molar-refractivity contribution in [2.45, 2.75) is 44.6 Å². The van der Waals surface area contributed by atoms with Crippen LogP contribution < -0.4 is 15.4 Å². The number of urea groups is 1. The van der Waals surface area contributed by atoms with E-state index in [1.54, 1.807) is 25.4 Å². The maximum absolute atomic E-state index is 12.9. The number of methoxy groups -OCH3 is 1. The van der Waals surface area contributed by atoms with Crippen molar-refractivity contribution >= 4 is 23.5 Å². The highest BCUT2D eigenvalue weighted by Crippen LogP contribution is 2.37. The molecule has 1 saturated heterocycles. The summed E-state index contributed by atoms with van der Waals surface area (Å²) >= 11 is 0. The number of rotatable bonds is 8. The number of nitrogens with one attached hydrogen (secondary N) is 2. The lowest BCUT2D eigenvalue weighted by molar-refractivity contribution is -0.135. The van der Waals surface area contributed by atoms with Crippen molar-refractivity contribution in [3.8, 4) is 5.88 Å². The Bertz CT molecular complexity index is 761. The Kier molecular flexibility index (Phi) is 6.68. The Morgan fingerprint density at radius 2 is 2.10 bits per heavy atom. The Hall–Kier alpha value is -2.68. The molecule has 2 aliphatic rings. The molecule has 29 heavy (non-hydrogen) atoms. The fraction of sp³-hybridized carbons (Fsp3) is 0.600. The summed E-state index contributed by atoms with van der Waals surface area (Å²) in [6.45, 7) is 2.45. The molecule has 1 saturated carbocycles. The van der Waals surface area contributed by atoms with E-state index in [-0.39, 0.29) is 24.9 Å². The van der Waals surface area contributed by atoms with E-state index in [1.807, 2.05) is 0 Å². The van der Waals surface area contributed by atoms with E-state index in [9.17, 15) is 14.4 Å². The van der Waals surface area contributed by atoms with Crippen LogP contribution in [0.4, 0.5) is 10.5 Å². The predicted octanol–water partition coefficient (Wildman–Crippen LogP) is 1.94. The van der Waals surface area contributed by atoms with Gasteiger partial charge >= 0.3 is 6.03 Å². The maximum Gasteiger partial charge on any atom is 0.325 e. The summed E-state index contributed by atoms with van der Waals surface area (Å²) in [5, 5.41) is 5.51. The zero-order valence-electron chi connectivity index (χ0n) is 16.9. The fourth-order valence-electron chi connectivity index (χ4n) is 3.89. The van der Waals surface area contributed by atoms with Crippen LogP contribution in [0.1, 0.15) is 39.0 Å². The summed E-state index contributed by atoms with van der Waals surface area (Å²) in [6.07, 6.45) is 5.67. The van der Waals surface area contributed by atoms with E-state index in [2.05, 4.69) is 22.5 Å². The number of aromatic nitrogens is 1. The molecule has 0 aromatic carbocycles. The average molecular weight is 404 g/mol. The minimum Gasteiger partial charge on any atom is -0.474 e. The maximum atomic E-state index is 12.9. The molecular formula is C20H28N4O5. The van der Waals surface area contributed by atoms with E-state index < -0.39 is 17.5 Å². The highest BCUT2D eigenvalue weighted by atomic mass is 16.5. The van der Waals surface area contributed by atoms with E-state index in [4.69, 9.17) is 9.47 Å². The molecule has 4 amide bonds. The van der Waals surface area contributed by atoms with Gasteiger partial charge in [-0.15, -0.1) is 0 Å². The third-order valence-electron chi connectivity index (χ3n) is 5.66. The molecule has 2 heterocycles. The van der Waals surface area contributed by atoms with Crippen LogP contribution in [-0.4, -0.2) is 60.1 Å².